The minimum atomic E-state index is 0.362. The van der Waals surface area contributed by atoms with Crippen molar-refractivity contribution in [2.45, 2.75) is 44.2 Å². The third kappa shape index (κ3) is 2.35. The minimum Gasteiger partial charge on any atom is -0.380 e. The molecular formula is C12H24N2O. The summed E-state index contributed by atoms with van der Waals surface area (Å²) in [5.41, 5.74) is 0.463. The van der Waals surface area contributed by atoms with Crippen molar-refractivity contribution in [3.05, 3.63) is 0 Å². The average Bonchev–Trinajstić information content (AvgIpc) is 2.71. The van der Waals surface area contributed by atoms with Crippen molar-refractivity contribution in [2.24, 2.45) is 0 Å². The van der Waals surface area contributed by atoms with Gasteiger partial charge in [0.05, 0.1) is 6.10 Å². The third-order valence-electron chi connectivity index (χ3n) is 4.10. The van der Waals surface area contributed by atoms with E-state index in [2.05, 4.69) is 17.1 Å². The summed E-state index contributed by atoms with van der Waals surface area (Å²) in [7, 11) is 1.81. The molecule has 0 radical (unpaired) electrons. The maximum Gasteiger partial charge on any atom is 0.0670 e. The van der Waals surface area contributed by atoms with Crippen LogP contribution in [0.3, 0.4) is 0 Å². The van der Waals surface area contributed by atoms with Crippen LogP contribution in [-0.4, -0.2) is 49.8 Å². The largest absolute Gasteiger partial charge is 0.380 e. The number of ether oxygens (including phenoxy) is 1. The van der Waals surface area contributed by atoms with Gasteiger partial charge < -0.3 is 10.1 Å². The van der Waals surface area contributed by atoms with Gasteiger partial charge in [-0.2, -0.15) is 0 Å². The summed E-state index contributed by atoms with van der Waals surface area (Å²) in [4.78, 5) is 2.67. The van der Waals surface area contributed by atoms with Crippen LogP contribution in [0, 0.1) is 0 Å². The highest BCUT2D eigenvalue weighted by atomic mass is 16.5. The van der Waals surface area contributed by atoms with Crippen molar-refractivity contribution in [1.29, 1.82) is 0 Å². The quantitative estimate of drug-likeness (QED) is 0.762. The van der Waals surface area contributed by atoms with Crippen molar-refractivity contribution in [3.63, 3.8) is 0 Å². The van der Waals surface area contributed by atoms with Crippen LogP contribution in [-0.2, 0) is 4.74 Å². The van der Waals surface area contributed by atoms with E-state index >= 15 is 0 Å². The van der Waals surface area contributed by atoms with Crippen LogP contribution in [0.15, 0.2) is 0 Å². The van der Waals surface area contributed by atoms with E-state index in [1.807, 2.05) is 7.11 Å². The van der Waals surface area contributed by atoms with Gasteiger partial charge in [0.25, 0.3) is 0 Å². The molecule has 1 aliphatic heterocycles. The van der Waals surface area contributed by atoms with Gasteiger partial charge in [0.1, 0.15) is 0 Å². The molecule has 88 valence electrons. The summed E-state index contributed by atoms with van der Waals surface area (Å²) >= 11 is 0. The predicted octanol–water partition coefficient (Wildman–Crippen LogP) is 1.24. The Morgan fingerprint density at radius 3 is 2.80 bits per heavy atom. The van der Waals surface area contributed by atoms with Crippen molar-refractivity contribution in [1.82, 2.24) is 10.2 Å². The number of hydrogen-bond acceptors (Lipinski definition) is 3. The van der Waals surface area contributed by atoms with Gasteiger partial charge in [0, 0.05) is 38.8 Å². The Balaban J connectivity index is 1.99. The zero-order valence-corrected chi connectivity index (χ0v) is 10.1. The molecule has 1 spiro atoms. The smallest absolute Gasteiger partial charge is 0.0670 e. The molecule has 1 N–H and O–H groups in total. The number of nitrogens with zero attached hydrogens (tertiary/aromatic N) is 1. The first-order valence-electron chi connectivity index (χ1n) is 6.25. The van der Waals surface area contributed by atoms with Crippen molar-refractivity contribution in [3.8, 4) is 0 Å². The van der Waals surface area contributed by atoms with E-state index in [1.54, 1.807) is 0 Å². The Morgan fingerprint density at radius 2 is 2.13 bits per heavy atom. The van der Waals surface area contributed by atoms with Crippen molar-refractivity contribution in [2.75, 3.05) is 33.3 Å². The molecular weight excluding hydrogens is 188 g/mol. The van der Waals surface area contributed by atoms with Crippen molar-refractivity contribution >= 4 is 0 Å². The fourth-order valence-electron chi connectivity index (χ4n) is 3.08. The number of rotatable bonds is 3. The number of methoxy groups -OCH3 is 1. The van der Waals surface area contributed by atoms with E-state index < -0.39 is 0 Å². The molecule has 0 bridgehead atoms. The highest BCUT2D eigenvalue weighted by Crippen LogP contribution is 2.36. The van der Waals surface area contributed by atoms with Crippen LogP contribution in [0.2, 0.25) is 0 Å². The van der Waals surface area contributed by atoms with Gasteiger partial charge in [-0.1, -0.05) is 12.8 Å². The maximum atomic E-state index is 5.39. The minimum absolute atomic E-state index is 0.362. The molecule has 0 aromatic carbocycles. The highest BCUT2D eigenvalue weighted by molar-refractivity contribution is 4.99. The summed E-state index contributed by atoms with van der Waals surface area (Å²) in [6, 6.07) is 0. The van der Waals surface area contributed by atoms with E-state index in [4.69, 9.17) is 4.74 Å². The van der Waals surface area contributed by atoms with Crippen molar-refractivity contribution < 1.29 is 4.74 Å². The average molecular weight is 212 g/mol. The first-order chi connectivity index (χ1) is 7.27. The van der Waals surface area contributed by atoms with Gasteiger partial charge in [-0.15, -0.1) is 0 Å². The van der Waals surface area contributed by atoms with Gasteiger partial charge in [-0.25, -0.2) is 0 Å². The fraction of sp³-hybridized carbons (Fsp3) is 1.00. The lowest BCUT2D eigenvalue weighted by atomic mass is 9.92. The molecule has 1 atom stereocenters. The van der Waals surface area contributed by atoms with Crippen LogP contribution in [0.4, 0.5) is 0 Å². The lowest BCUT2D eigenvalue weighted by Crippen LogP contribution is -2.61. The molecule has 1 saturated carbocycles. The lowest BCUT2D eigenvalue weighted by Gasteiger charge is -2.46. The van der Waals surface area contributed by atoms with Gasteiger partial charge in [0.2, 0.25) is 0 Å². The summed E-state index contributed by atoms with van der Waals surface area (Å²) in [5.74, 6) is 0. The molecule has 0 aromatic heterocycles. The first kappa shape index (κ1) is 11.4. The molecule has 2 aliphatic rings. The molecule has 3 heteroatoms. The van der Waals surface area contributed by atoms with Crippen LogP contribution < -0.4 is 5.32 Å². The standard InChI is InChI=1S/C12H24N2O/c1-11(15-2)9-14-8-7-13-10-12(14)5-3-4-6-12/h11,13H,3-10H2,1-2H3. The van der Waals surface area contributed by atoms with E-state index in [1.165, 1.54) is 38.8 Å². The monoisotopic (exact) mass is 212 g/mol. The van der Waals surface area contributed by atoms with Gasteiger partial charge in [0.15, 0.2) is 0 Å². The second kappa shape index (κ2) is 4.81. The molecule has 0 amide bonds. The Hall–Kier alpha value is -0.120. The summed E-state index contributed by atoms with van der Waals surface area (Å²) < 4.78 is 5.39. The third-order valence-corrected chi connectivity index (χ3v) is 4.10. The highest BCUT2D eigenvalue weighted by Gasteiger charge is 2.41. The number of nitrogens with one attached hydrogen (secondary N) is 1. The molecule has 1 saturated heterocycles. The molecule has 15 heavy (non-hydrogen) atoms. The molecule has 3 nitrogen and oxygen atoms in total. The summed E-state index contributed by atoms with van der Waals surface area (Å²) in [5, 5.41) is 3.56. The maximum absolute atomic E-state index is 5.39. The van der Waals surface area contributed by atoms with E-state index in [0.29, 0.717) is 11.6 Å². The SMILES string of the molecule is COC(C)CN1CCNCC12CCCC2. The normalized spacial score (nSPS) is 28.4. The molecule has 2 rings (SSSR count). The summed E-state index contributed by atoms with van der Waals surface area (Å²) in [6.45, 7) is 6.78. The Labute approximate surface area is 93.2 Å². The fourth-order valence-corrected chi connectivity index (χ4v) is 3.08. The van der Waals surface area contributed by atoms with Crippen LogP contribution in [0.5, 0.6) is 0 Å². The Kier molecular flexibility index (Phi) is 3.65. The second-order valence-corrected chi connectivity index (χ2v) is 5.10. The lowest BCUT2D eigenvalue weighted by molar-refractivity contribution is 0.00748. The van der Waals surface area contributed by atoms with Gasteiger partial charge in [-0.05, 0) is 19.8 Å². The van der Waals surface area contributed by atoms with Gasteiger partial charge in [-0.3, -0.25) is 4.90 Å². The molecule has 2 fully saturated rings. The molecule has 1 heterocycles. The molecule has 0 aromatic rings. The predicted molar refractivity (Wildman–Crippen MR) is 62.1 cm³/mol. The zero-order valence-electron chi connectivity index (χ0n) is 10.1. The second-order valence-electron chi connectivity index (χ2n) is 5.10. The van der Waals surface area contributed by atoms with Crippen LogP contribution in [0.1, 0.15) is 32.6 Å². The van der Waals surface area contributed by atoms with Crippen LogP contribution >= 0.6 is 0 Å². The number of hydrogen-bond donors (Lipinski definition) is 1. The number of piperazine rings is 1. The Bertz CT molecular complexity index is 202. The summed E-state index contributed by atoms with van der Waals surface area (Å²) in [6.07, 6.45) is 5.91. The first-order valence-corrected chi connectivity index (χ1v) is 6.25. The van der Waals surface area contributed by atoms with E-state index in [9.17, 15) is 0 Å². The van der Waals surface area contributed by atoms with Crippen LogP contribution in [0.25, 0.3) is 0 Å². The zero-order chi connectivity index (χ0) is 10.7. The van der Waals surface area contributed by atoms with Gasteiger partial charge >= 0.3 is 0 Å². The molecule has 1 unspecified atom stereocenters. The Morgan fingerprint density at radius 1 is 1.40 bits per heavy atom. The molecule has 1 aliphatic carbocycles. The topological polar surface area (TPSA) is 24.5 Å². The van der Waals surface area contributed by atoms with E-state index in [-0.39, 0.29) is 0 Å². The van der Waals surface area contributed by atoms with E-state index in [0.717, 1.165) is 13.1 Å².